The Morgan fingerprint density at radius 2 is 2.05 bits per heavy atom. The Labute approximate surface area is 131 Å². The summed E-state index contributed by atoms with van der Waals surface area (Å²) in [6.45, 7) is 1.31. The second kappa shape index (κ2) is 6.18. The van der Waals surface area contributed by atoms with E-state index in [1.165, 1.54) is 0 Å². The molecule has 0 bridgehead atoms. The molecule has 0 unspecified atom stereocenters. The molecule has 108 valence electrons. The molecule has 0 saturated heterocycles. The molecule has 0 aliphatic carbocycles. The molecule has 2 aromatic rings. The monoisotopic (exact) mass is 346 g/mol. The maximum absolute atomic E-state index is 12.1. The smallest absolute Gasteiger partial charge is 0.246 e. The lowest BCUT2D eigenvalue weighted by Gasteiger charge is -2.30. The molecule has 1 aliphatic rings. The van der Waals surface area contributed by atoms with Crippen molar-refractivity contribution in [2.24, 2.45) is 0 Å². The van der Waals surface area contributed by atoms with Crippen molar-refractivity contribution < 1.29 is 9.53 Å². The third kappa shape index (κ3) is 3.19. The van der Waals surface area contributed by atoms with Gasteiger partial charge in [0.25, 0.3) is 0 Å². The van der Waals surface area contributed by atoms with Crippen LogP contribution in [0, 0.1) is 0 Å². The summed E-state index contributed by atoms with van der Waals surface area (Å²) in [5, 5.41) is 3.12. The van der Waals surface area contributed by atoms with Crippen LogP contribution in [0.4, 0.5) is 11.4 Å². The summed E-state index contributed by atoms with van der Waals surface area (Å²) in [7, 11) is 0. The van der Waals surface area contributed by atoms with Crippen LogP contribution in [0.2, 0.25) is 0 Å². The number of ether oxygens (including phenoxy) is 1. The van der Waals surface area contributed by atoms with E-state index in [9.17, 15) is 4.79 Å². The number of nitrogens with zero attached hydrogens (tertiary/aromatic N) is 1. The largest absolute Gasteiger partial charge is 0.492 e. The summed E-state index contributed by atoms with van der Waals surface area (Å²) in [6, 6.07) is 15.5. The molecule has 0 fully saturated rings. The lowest BCUT2D eigenvalue weighted by molar-refractivity contribution is -0.117. The molecular weight excluding hydrogens is 332 g/mol. The molecule has 1 N–H and O–H groups in total. The maximum atomic E-state index is 12.1. The molecule has 3 rings (SSSR count). The van der Waals surface area contributed by atoms with E-state index in [0.717, 1.165) is 21.6 Å². The normalized spacial score (nSPS) is 13.6. The molecule has 0 radical (unpaired) electrons. The van der Waals surface area contributed by atoms with Crippen LogP contribution in [-0.2, 0) is 4.79 Å². The number of anilines is 2. The Morgan fingerprint density at radius 1 is 1.19 bits per heavy atom. The Balaban J connectivity index is 1.66. The van der Waals surface area contributed by atoms with Crippen LogP contribution in [0.1, 0.15) is 0 Å². The first kappa shape index (κ1) is 13.9. The van der Waals surface area contributed by atoms with Gasteiger partial charge in [0.15, 0.2) is 0 Å². The van der Waals surface area contributed by atoms with Gasteiger partial charge in [-0.05, 0) is 30.3 Å². The minimum atomic E-state index is 0.0616. The van der Waals surface area contributed by atoms with E-state index < -0.39 is 0 Å². The van der Waals surface area contributed by atoms with Gasteiger partial charge in [0.2, 0.25) is 5.91 Å². The minimum absolute atomic E-state index is 0.0616. The first-order valence-electron chi connectivity index (χ1n) is 6.76. The first-order chi connectivity index (χ1) is 10.2. The van der Waals surface area contributed by atoms with Gasteiger partial charge >= 0.3 is 0 Å². The number of hydrogen-bond donors (Lipinski definition) is 1. The Morgan fingerprint density at radius 3 is 2.90 bits per heavy atom. The standard InChI is InChI=1S/C16H15BrN2O2/c17-12-4-3-5-13(10-12)21-9-8-19-15-7-2-1-6-14(15)18-11-16(19)20/h1-7,10,18H,8-9,11H2. The fourth-order valence-electron chi connectivity index (χ4n) is 2.32. The van der Waals surface area contributed by atoms with Crippen molar-refractivity contribution >= 4 is 33.2 Å². The summed E-state index contributed by atoms with van der Waals surface area (Å²) in [5.41, 5.74) is 1.89. The van der Waals surface area contributed by atoms with Crippen molar-refractivity contribution in [2.45, 2.75) is 0 Å². The van der Waals surface area contributed by atoms with Crippen LogP contribution < -0.4 is 15.0 Å². The topological polar surface area (TPSA) is 41.6 Å². The second-order valence-electron chi connectivity index (χ2n) is 4.72. The van der Waals surface area contributed by atoms with Gasteiger partial charge in [0, 0.05) is 4.47 Å². The van der Waals surface area contributed by atoms with Crippen LogP contribution in [0.3, 0.4) is 0 Å². The predicted molar refractivity (Wildman–Crippen MR) is 86.9 cm³/mol. The van der Waals surface area contributed by atoms with E-state index in [1.807, 2.05) is 48.5 Å². The molecule has 2 aromatic carbocycles. The fraction of sp³-hybridized carbons (Fsp3) is 0.188. The maximum Gasteiger partial charge on any atom is 0.246 e. The molecule has 0 atom stereocenters. The predicted octanol–water partition coefficient (Wildman–Crippen LogP) is 3.29. The van der Waals surface area contributed by atoms with Gasteiger partial charge in [-0.15, -0.1) is 0 Å². The molecule has 1 aliphatic heterocycles. The number of rotatable bonds is 4. The third-order valence-electron chi connectivity index (χ3n) is 3.31. The van der Waals surface area contributed by atoms with Crippen LogP contribution in [0.5, 0.6) is 5.75 Å². The van der Waals surface area contributed by atoms with Crippen molar-refractivity contribution in [3.8, 4) is 5.75 Å². The molecule has 5 heteroatoms. The highest BCUT2D eigenvalue weighted by atomic mass is 79.9. The molecule has 1 heterocycles. The van der Waals surface area contributed by atoms with Crippen LogP contribution >= 0.6 is 15.9 Å². The molecule has 0 spiro atoms. The fourth-order valence-corrected chi connectivity index (χ4v) is 2.69. The molecule has 0 aromatic heterocycles. The van der Waals surface area contributed by atoms with Crippen molar-refractivity contribution in [3.63, 3.8) is 0 Å². The molecule has 21 heavy (non-hydrogen) atoms. The minimum Gasteiger partial charge on any atom is -0.492 e. The quantitative estimate of drug-likeness (QED) is 0.923. The van der Waals surface area contributed by atoms with E-state index in [0.29, 0.717) is 19.7 Å². The van der Waals surface area contributed by atoms with Crippen LogP contribution in [0.15, 0.2) is 53.0 Å². The zero-order chi connectivity index (χ0) is 14.7. The van der Waals surface area contributed by atoms with E-state index >= 15 is 0 Å². The van der Waals surface area contributed by atoms with Crippen molar-refractivity contribution in [2.75, 3.05) is 29.9 Å². The summed E-state index contributed by atoms with van der Waals surface area (Å²) in [6.07, 6.45) is 0. The van der Waals surface area contributed by atoms with E-state index in [2.05, 4.69) is 21.2 Å². The van der Waals surface area contributed by atoms with Crippen LogP contribution in [0.25, 0.3) is 0 Å². The number of halogens is 1. The average molecular weight is 347 g/mol. The summed E-state index contributed by atoms with van der Waals surface area (Å²) < 4.78 is 6.68. The van der Waals surface area contributed by atoms with E-state index in [-0.39, 0.29) is 5.91 Å². The lowest BCUT2D eigenvalue weighted by Crippen LogP contribution is -2.42. The van der Waals surface area contributed by atoms with Gasteiger partial charge in [-0.25, -0.2) is 0 Å². The van der Waals surface area contributed by atoms with Gasteiger partial charge in [0.05, 0.1) is 24.5 Å². The van der Waals surface area contributed by atoms with Gasteiger partial charge in [-0.3, -0.25) is 4.79 Å². The molecule has 4 nitrogen and oxygen atoms in total. The number of amides is 1. The highest BCUT2D eigenvalue weighted by Gasteiger charge is 2.22. The average Bonchev–Trinajstić information content (AvgIpc) is 2.50. The molecular formula is C16H15BrN2O2. The lowest BCUT2D eigenvalue weighted by atomic mass is 10.2. The second-order valence-corrected chi connectivity index (χ2v) is 5.64. The summed E-state index contributed by atoms with van der Waals surface area (Å²) in [4.78, 5) is 13.8. The Bertz CT molecular complexity index is 660. The van der Waals surface area contributed by atoms with Crippen molar-refractivity contribution in [1.82, 2.24) is 0 Å². The number of carbonyl (C=O) groups is 1. The number of fused-ring (bicyclic) bond motifs is 1. The Hall–Kier alpha value is -2.01. The number of para-hydroxylation sites is 2. The van der Waals surface area contributed by atoms with E-state index in [4.69, 9.17) is 4.74 Å². The number of benzene rings is 2. The van der Waals surface area contributed by atoms with Gasteiger partial charge < -0.3 is 15.0 Å². The summed E-state index contributed by atoms with van der Waals surface area (Å²) >= 11 is 3.41. The zero-order valence-electron chi connectivity index (χ0n) is 11.4. The van der Waals surface area contributed by atoms with Crippen molar-refractivity contribution in [3.05, 3.63) is 53.0 Å². The third-order valence-corrected chi connectivity index (χ3v) is 3.80. The Kier molecular flexibility index (Phi) is 4.10. The molecule has 1 amide bonds. The van der Waals surface area contributed by atoms with Gasteiger partial charge in [-0.1, -0.05) is 34.1 Å². The zero-order valence-corrected chi connectivity index (χ0v) is 13.0. The highest BCUT2D eigenvalue weighted by molar-refractivity contribution is 9.10. The number of nitrogens with one attached hydrogen (secondary N) is 1. The van der Waals surface area contributed by atoms with Gasteiger partial charge in [0.1, 0.15) is 12.4 Å². The first-order valence-corrected chi connectivity index (χ1v) is 7.55. The van der Waals surface area contributed by atoms with Gasteiger partial charge in [-0.2, -0.15) is 0 Å². The SMILES string of the molecule is O=C1CNc2ccccc2N1CCOc1cccc(Br)c1. The summed E-state index contributed by atoms with van der Waals surface area (Å²) in [5.74, 6) is 0.854. The number of hydrogen-bond acceptors (Lipinski definition) is 3. The highest BCUT2D eigenvalue weighted by Crippen LogP contribution is 2.28. The molecule has 0 saturated carbocycles. The number of carbonyl (C=O) groups excluding carboxylic acids is 1. The van der Waals surface area contributed by atoms with Crippen LogP contribution in [-0.4, -0.2) is 25.6 Å². The van der Waals surface area contributed by atoms with Crippen molar-refractivity contribution in [1.29, 1.82) is 0 Å². The van der Waals surface area contributed by atoms with E-state index in [1.54, 1.807) is 4.90 Å².